The molecule has 29 heavy (non-hydrogen) atoms. The predicted molar refractivity (Wildman–Crippen MR) is 127 cm³/mol. The van der Waals surface area contributed by atoms with Crippen LogP contribution in [0.25, 0.3) is 0 Å². The Bertz CT molecular complexity index is 743. The average Bonchev–Trinajstić information content (AvgIpc) is 2.75. The number of nitrogens with one attached hydrogen (secondary N) is 2. The molecule has 0 amide bonds. The predicted octanol–water partition coefficient (Wildman–Crippen LogP) is 3.26. The molecular weight excluding hydrogens is 481 g/mol. The molecule has 0 saturated heterocycles. The highest BCUT2D eigenvalue weighted by atomic mass is 127. The zero-order valence-electron chi connectivity index (χ0n) is 16.8. The lowest BCUT2D eigenvalue weighted by Crippen LogP contribution is -2.45. The average molecular weight is 511 g/mol. The Morgan fingerprint density at radius 1 is 1.03 bits per heavy atom. The normalized spacial score (nSPS) is 15.3. The van der Waals surface area contributed by atoms with Crippen molar-refractivity contribution in [2.24, 2.45) is 4.99 Å². The van der Waals surface area contributed by atoms with Gasteiger partial charge in [0.1, 0.15) is 12.7 Å². The van der Waals surface area contributed by atoms with Gasteiger partial charge in [0.05, 0.1) is 13.2 Å². The van der Waals surface area contributed by atoms with Crippen molar-refractivity contribution in [2.75, 3.05) is 40.0 Å². The van der Waals surface area contributed by atoms with Gasteiger partial charge >= 0.3 is 0 Å². The van der Waals surface area contributed by atoms with Crippen LogP contribution in [-0.4, -0.2) is 52.0 Å². The second kappa shape index (κ2) is 13.3. The maximum atomic E-state index is 5.94. The standard InChI is InChI=1S/C22H29N3O3.HI/c1-23-22(24-13-7-14-26-15-12-18-8-3-2-4-9-18)25-16-19-17-27-20-10-5-6-11-21(20)28-19;/h2-6,8-11,19H,7,12-17H2,1H3,(H2,23,24,25);1H. The van der Waals surface area contributed by atoms with E-state index in [2.05, 4.69) is 39.9 Å². The van der Waals surface area contributed by atoms with E-state index in [0.717, 1.165) is 50.1 Å². The number of nitrogens with zero attached hydrogens (tertiary/aromatic N) is 1. The molecule has 1 heterocycles. The molecule has 0 radical (unpaired) electrons. The molecule has 1 atom stereocenters. The highest BCUT2D eigenvalue weighted by Gasteiger charge is 2.20. The lowest BCUT2D eigenvalue weighted by molar-refractivity contribution is 0.0936. The summed E-state index contributed by atoms with van der Waals surface area (Å²) < 4.78 is 17.4. The first kappa shape index (κ1) is 23.3. The van der Waals surface area contributed by atoms with E-state index in [0.29, 0.717) is 13.2 Å². The minimum Gasteiger partial charge on any atom is -0.486 e. The summed E-state index contributed by atoms with van der Waals surface area (Å²) in [5.74, 6) is 2.34. The van der Waals surface area contributed by atoms with Crippen LogP contribution in [0.1, 0.15) is 12.0 Å². The van der Waals surface area contributed by atoms with E-state index in [1.165, 1.54) is 5.56 Å². The second-order valence-corrected chi connectivity index (χ2v) is 6.58. The third-order valence-corrected chi connectivity index (χ3v) is 4.42. The molecule has 0 fully saturated rings. The third-order valence-electron chi connectivity index (χ3n) is 4.42. The molecule has 158 valence electrons. The number of ether oxygens (including phenoxy) is 3. The summed E-state index contributed by atoms with van der Waals surface area (Å²) in [6.07, 6.45) is 1.82. The summed E-state index contributed by atoms with van der Waals surface area (Å²) in [5.41, 5.74) is 1.31. The van der Waals surface area contributed by atoms with Crippen LogP contribution in [0.4, 0.5) is 0 Å². The van der Waals surface area contributed by atoms with Crippen LogP contribution in [0, 0.1) is 0 Å². The fourth-order valence-corrected chi connectivity index (χ4v) is 2.91. The van der Waals surface area contributed by atoms with Crippen molar-refractivity contribution < 1.29 is 14.2 Å². The Morgan fingerprint density at radius 2 is 1.79 bits per heavy atom. The van der Waals surface area contributed by atoms with Crippen LogP contribution >= 0.6 is 24.0 Å². The molecule has 0 bridgehead atoms. The van der Waals surface area contributed by atoms with Crippen LogP contribution in [0.3, 0.4) is 0 Å². The number of halogens is 1. The van der Waals surface area contributed by atoms with E-state index in [1.54, 1.807) is 7.05 Å². The minimum atomic E-state index is -0.0465. The maximum Gasteiger partial charge on any atom is 0.191 e. The van der Waals surface area contributed by atoms with Gasteiger partial charge in [0, 0.05) is 20.2 Å². The van der Waals surface area contributed by atoms with E-state index in [1.807, 2.05) is 30.3 Å². The van der Waals surface area contributed by atoms with Gasteiger partial charge in [0.25, 0.3) is 0 Å². The number of hydrogen-bond donors (Lipinski definition) is 2. The number of para-hydroxylation sites is 2. The molecule has 2 N–H and O–H groups in total. The summed E-state index contributed by atoms with van der Waals surface area (Å²) in [6, 6.07) is 18.1. The zero-order chi connectivity index (χ0) is 19.4. The molecule has 0 saturated carbocycles. The topological polar surface area (TPSA) is 64.1 Å². The Morgan fingerprint density at radius 3 is 2.59 bits per heavy atom. The fraction of sp³-hybridized carbons (Fsp3) is 0.409. The first-order valence-electron chi connectivity index (χ1n) is 9.80. The summed E-state index contributed by atoms with van der Waals surface area (Å²) in [5, 5.41) is 6.59. The van der Waals surface area contributed by atoms with E-state index in [4.69, 9.17) is 14.2 Å². The molecule has 1 aliphatic heterocycles. The van der Waals surface area contributed by atoms with Gasteiger partial charge < -0.3 is 24.8 Å². The van der Waals surface area contributed by atoms with Gasteiger partial charge in [-0.05, 0) is 30.5 Å². The van der Waals surface area contributed by atoms with Crippen LogP contribution < -0.4 is 20.1 Å². The van der Waals surface area contributed by atoms with Gasteiger partial charge in [-0.3, -0.25) is 4.99 Å². The lowest BCUT2D eigenvalue weighted by atomic mass is 10.2. The first-order valence-corrected chi connectivity index (χ1v) is 9.80. The minimum absolute atomic E-state index is 0. The smallest absolute Gasteiger partial charge is 0.191 e. The van der Waals surface area contributed by atoms with Crippen molar-refractivity contribution in [3.8, 4) is 11.5 Å². The molecule has 0 spiro atoms. The SMILES string of the molecule is CN=C(NCCCOCCc1ccccc1)NCC1COc2ccccc2O1.I. The number of fused-ring (bicyclic) bond motifs is 1. The van der Waals surface area contributed by atoms with Gasteiger partial charge in [0.2, 0.25) is 0 Å². The summed E-state index contributed by atoms with van der Waals surface area (Å²) in [7, 11) is 1.76. The zero-order valence-corrected chi connectivity index (χ0v) is 19.1. The monoisotopic (exact) mass is 511 g/mol. The van der Waals surface area contributed by atoms with E-state index >= 15 is 0 Å². The second-order valence-electron chi connectivity index (χ2n) is 6.58. The number of benzene rings is 2. The van der Waals surface area contributed by atoms with Crippen molar-refractivity contribution in [2.45, 2.75) is 18.9 Å². The van der Waals surface area contributed by atoms with Crippen LogP contribution in [0.2, 0.25) is 0 Å². The molecule has 6 nitrogen and oxygen atoms in total. The maximum absolute atomic E-state index is 5.94. The number of guanidine groups is 1. The van der Waals surface area contributed by atoms with E-state index in [9.17, 15) is 0 Å². The highest BCUT2D eigenvalue weighted by Crippen LogP contribution is 2.30. The summed E-state index contributed by atoms with van der Waals surface area (Å²) in [6.45, 7) is 3.43. The Labute approximate surface area is 190 Å². The molecule has 1 unspecified atom stereocenters. The van der Waals surface area contributed by atoms with Crippen molar-refractivity contribution in [1.82, 2.24) is 10.6 Å². The molecule has 0 aliphatic carbocycles. The van der Waals surface area contributed by atoms with Crippen molar-refractivity contribution >= 4 is 29.9 Å². The van der Waals surface area contributed by atoms with Crippen molar-refractivity contribution in [3.63, 3.8) is 0 Å². The molecule has 7 heteroatoms. The van der Waals surface area contributed by atoms with Gasteiger partial charge in [0.15, 0.2) is 17.5 Å². The van der Waals surface area contributed by atoms with Gasteiger partial charge in [-0.15, -0.1) is 24.0 Å². The van der Waals surface area contributed by atoms with Crippen molar-refractivity contribution in [1.29, 1.82) is 0 Å². The summed E-state index contributed by atoms with van der Waals surface area (Å²) >= 11 is 0. The highest BCUT2D eigenvalue weighted by molar-refractivity contribution is 14.0. The van der Waals surface area contributed by atoms with Gasteiger partial charge in [-0.1, -0.05) is 42.5 Å². The Balaban J connectivity index is 0.00000300. The van der Waals surface area contributed by atoms with Crippen LogP contribution in [0.5, 0.6) is 11.5 Å². The Hall–Kier alpha value is -2.00. The fourth-order valence-electron chi connectivity index (χ4n) is 2.91. The largest absolute Gasteiger partial charge is 0.486 e. The van der Waals surface area contributed by atoms with Gasteiger partial charge in [-0.25, -0.2) is 0 Å². The summed E-state index contributed by atoms with van der Waals surface area (Å²) in [4.78, 5) is 4.25. The first-order chi connectivity index (χ1) is 13.8. The Kier molecular flexibility index (Phi) is 10.6. The van der Waals surface area contributed by atoms with E-state index in [-0.39, 0.29) is 30.1 Å². The number of aliphatic imine (C=N–C) groups is 1. The third kappa shape index (κ3) is 8.10. The molecule has 1 aliphatic rings. The quantitative estimate of drug-likeness (QED) is 0.234. The van der Waals surface area contributed by atoms with E-state index < -0.39 is 0 Å². The molecule has 3 rings (SSSR count). The molecule has 2 aromatic carbocycles. The molecule has 0 aromatic heterocycles. The molecule has 2 aromatic rings. The lowest BCUT2D eigenvalue weighted by Gasteiger charge is -2.27. The number of rotatable bonds is 9. The number of hydrogen-bond acceptors (Lipinski definition) is 4. The van der Waals surface area contributed by atoms with Crippen molar-refractivity contribution in [3.05, 3.63) is 60.2 Å². The molecular formula is C22H30IN3O3. The van der Waals surface area contributed by atoms with Crippen LogP contribution in [0.15, 0.2) is 59.6 Å². The van der Waals surface area contributed by atoms with Crippen LogP contribution in [-0.2, 0) is 11.2 Å². The van der Waals surface area contributed by atoms with Gasteiger partial charge in [-0.2, -0.15) is 0 Å².